The lowest BCUT2D eigenvalue weighted by atomic mass is 9.99. The normalized spacial score (nSPS) is 19.7. The van der Waals surface area contributed by atoms with E-state index in [1.54, 1.807) is 0 Å². The van der Waals surface area contributed by atoms with E-state index in [2.05, 4.69) is 10.1 Å². The number of carboxylic acids is 1. The van der Waals surface area contributed by atoms with Gasteiger partial charge >= 0.3 is 18.0 Å². The van der Waals surface area contributed by atoms with Crippen LogP contribution in [0.5, 0.6) is 0 Å². The highest BCUT2D eigenvalue weighted by molar-refractivity contribution is 5.83. The Balaban J connectivity index is 2.51. The predicted octanol–water partition coefficient (Wildman–Crippen LogP) is -0.193. The summed E-state index contributed by atoms with van der Waals surface area (Å²) in [7, 11) is 1.22. The number of methoxy groups -OCH3 is 1. The molecule has 8 nitrogen and oxygen atoms in total. The number of carbonyl (C=O) groups is 3. The minimum atomic E-state index is -1.19. The summed E-state index contributed by atoms with van der Waals surface area (Å²) in [5.74, 6) is -1.68. The Labute approximate surface area is 123 Å². The van der Waals surface area contributed by atoms with Gasteiger partial charge in [-0.1, -0.05) is 0 Å². The number of rotatable bonds is 6. The van der Waals surface area contributed by atoms with E-state index in [-0.39, 0.29) is 25.4 Å². The molecule has 21 heavy (non-hydrogen) atoms. The highest BCUT2D eigenvalue weighted by Gasteiger charge is 2.27. The first-order chi connectivity index (χ1) is 9.97. The number of likely N-dealkylation sites (tertiary alicyclic amines) is 1. The summed E-state index contributed by atoms with van der Waals surface area (Å²) < 4.78 is 4.45. The first-order valence-electron chi connectivity index (χ1n) is 6.93. The van der Waals surface area contributed by atoms with Crippen molar-refractivity contribution in [1.82, 2.24) is 10.2 Å². The average molecular weight is 302 g/mol. The molecule has 1 aliphatic heterocycles. The molecular weight excluding hydrogens is 280 g/mol. The topological polar surface area (TPSA) is 116 Å². The summed E-state index contributed by atoms with van der Waals surface area (Å²) in [5.41, 5.74) is 0. The Morgan fingerprint density at radius 3 is 2.71 bits per heavy atom. The maximum absolute atomic E-state index is 12.0. The third-order valence-corrected chi connectivity index (χ3v) is 3.53. The highest BCUT2D eigenvalue weighted by atomic mass is 16.5. The molecule has 120 valence electrons. The van der Waals surface area contributed by atoms with Gasteiger partial charge in [0.25, 0.3) is 0 Å². The van der Waals surface area contributed by atoms with Crippen molar-refractivity contribution in [2.24, 2.45) is 5.92 Å². The molecule has 1 saturated heterocycles. The molecule has 8 heteroatoms. The van der Waals surface area contributed by atoms with Gasteiger partial charge in [-0.2, -0.15) is 0 Å². The minimum Gasteiger partial charge on any atom is -0.480 e. The summed E-state index contributed by atoms with van der Waals surface area (Å²) >= 11 is 0. The standard InChI is InChI=1S/C13H22N2O6/c1-21-11(17)5-4-10(12(18)19)14-13(20)15-6-2-3-9(7-15)8-16/h9-10,16H,2-8H2,1H3,(H,14,20)(H,18,19)/t9?,10-/m0/s1. The fourth-order valence-corrected chi connectivity index (χ4v) is 2.26. The zero-order chi connectivity index (χ0) is 15.8. The van der Waals surface area contributed by atoms with E-state index in [1.807, 2.05) is 0 Å². The number of ether oxygens (including phenoxy) is 1. The smallest absolute Gasteiger partial charge is 0.326 e. The molecule has 0 aromatic carbocycles. The number of carbonyl (C=O) groups excluding carboxylic acids is 2. The van der Waals surface area contributed by atoms with Crippen molar-refractivity contribution in [3.63, 3.8) is 0 Å². The molecule has 1 aliphatic rings. The number of carboxylic acid groups (broad SMARTS) is 1. The number of nitrogens with zero attached hydrogens (tertiary/aromatic N) is 1. The zero-order valence-electron chi connectivity index (χ0n) is 12.1. The van der Waals surface area contributed by atoms with Crippen molar-refractivity contribution in [2.45, 2.75) is 31.7 Å². The summed E-state index contributed by atoms with van der Waals surface area (Å²) in [4.78, 5) is 35.7. The van der Waals surface area contributed by atoms with E-state index in [9.17, 15) is 14.4 Å². The van der Waals surface area contributed by atoms with Crippen LogP contribution >= 0.6 is 0 Å². The maximum atomic E-state index is 12.0. The third kappa shape index (κ3) is 5.58. The maximum Gasteiger partial charge on any atom is 0.326 e. The molecule has 0 aromatic heterocycles. The van der Waals surface area contributed by atoms with Crippen molar-refractivity contribution in [1.29, 1.82) is 0 Å². The molecule has 1 fully saturated rings. The van der Waals surface area contributed by atoms with Gasteiger partial charge in [-0.05, 0) is 25.2 Å². The molecule has 0 spiro atoms. The number of hydrogen-bond acceptors (Lipinski definition) is 5. The van der Waals surface area contributed by atoms with Crippen LogP contribution in [0.3, 0.4) is 0 Å². The number of amides is 2. The number of aliphatic carboxylic acids is 1. The molecule has 1 heterocycles. The van der Waals surface area contributed by atoms with E-state index in [4.69, 9.17) is 10.2 Å². The van der Waals surface area contributed by atoms with E-state index in [0.29, 0.717) is 13.1 Å². The van der Waals surface area contributed by atoms with E-state index in [0.717, 1.165) is 12.8 Å². The average Bonchev–Trinajstić information content (AvgIpc) is 2.50. The number of piperidine rings is 1. The lowest BCUT2D eigenvalue weighted by Crippen LogP contribution is -2.51. The molecule has 0 aromatic rings. The number of aliphatic hydroxyl groups is 1. The van der Waals surface area contributed by atoms with Crippen LogP contribution in [0, 0.1) is 5.92 Å². The van der Waals surface area contributed by atoms with E-state index in [1.165, 1.54) is 12.0 Å². The summed E-state index contributed by atoms with van der Waals surface area (Å²) in [6.07, 6.45) is 1.53. The second-order valence-electron chi connectivity index (χ2n) is 5.09. The summed E-state index contributed by atoms with van der Waals surface area (Å²) in [5, 5.41) is 20.6. The van der Waals surface area contributed by atoms with Crippen molar-refractivity contribution < 1.29 is 29.3 Å². The van der Waals surface area contributed by atoms with Gasteiger partial charge in [-0.25, -0.2) is 9.59 Å². The Morgan fingerprint density at radius 2 is 2.14 bits per heavy atom. The lowest BCUT2D eigenvalue weighted by Gasteiger charge is -2.32. The second kappa shape index (κ2) is 8.46. The molecular formula is C13H22N2O6. The van der Waals surface area contributed by atoms with Gasteiger partial charge in [0.15, 0.2) is 0 Å². The first kappa shape index (κ1) is 17.2. The number of hydrogen-bond donors (Lipinski definition) is 3. The van der Waals surface area contributed by atoms with Gasteiger partial charge in [0.2, 0.25) is 0 Å². The SMILES string of the molecule is COC(=O)CC[C@H](NC(=O)N1CCCC(CO)C1)C(=O)O. The largest absolute Gasteiger partial charge is 0.480 e. The van der Waals surface area contributed by atoms with Crippen molar-refractivity contribution in [3.8, 4) is 0 Å². The molecule has 1 unspecified atom stereocenters. The van der Waals surface area contributed by atoms with Gasteiger partial charge in [0.1, 0.15) is 6.04 Å². The summed E-state index contributed by atoms with van der Waals surface area (Å²) in [6, 6.07) is -1.61. The fourth-order valence-electron chi connectivity index (χ4n) is 2.26. The second-order valence-corrected chi connectivity index (χ2v) is 5.09. The van der Waals surface area contributed by atoms with E-state index >= 15 is 0 Å². The molecule has 2 amide bonds. The number of nitrogens with one attached hydrogen (secondary N) is 1. The predicted molar refractivity (Wildman–Crippen MR) is 72.6 cm³/mol. The van der Waals surface area contributed by atoms with Gasteiger partial charge < -0.3 is 25.2 Å². The molecule has 1 rings (SSSR count). The van der Waals surface area contributed by atoms with Crippen LogP contribution in [0.15, 0.2) is 0 Å². The third-order valence-electron chi connectivity index (χ3n) is 3.53. The van der Waals surface area contributed by atoms with Crippen LogP contribution in [0.2, 0.25) is 0 Å². The Kier molecular flexibility index (Phi) is 6.93. The summed E-state index contributed by atoms with van der Waals surface area (Å²) in [6.45, 7) is 0.950. The van der Waals surface area contributed by atoms with Crippen LogP contribution in [0.4, 0.5) is 4.79 Å². The fraction of sp³-hybridized carbons (Fsp3) is 0.769. The molecule has 0 aliphatic carbocycles. The molecule has 0 saturated carbocycles. The number of esters is 1. The van der Waals surface area contributed by atoms with Gasteiger partial charge in [-0.3, -0.25) is 4.79 Å². The molecule has 0 radical (unpaired) electrons. The Bertz CT molecular complexity index is 387. The van der Waals surface area contributed by atoms with Gasteiger partial charge in [0, 0.05) is 26.1 Å². The van der Waals surface area contributed by atoms with Crippen molar-refractivity contribution in [3.05, 3.63) is 0 Å². The molecule has 2 atom stereocenters. The Hall–Kier alpha value is -1.83. The lowest BCUT2D eigenvalue weighted by molar-refractivity contribution is -0.142. The quantitative estimate of drug-likeness (QED) is 0.585. The van der Waals surface area contributed by atoms with Gasteiger partial charge in [-0.15, -0.1) is 0 Å². The zero-order valence-corrected chi connectivity index (χ0v) is 12.1. The van der Waals surface area contributed by atoms with Gasteiger partial charge in [0.05, 0.1) is 7.11 Å². The Morgan fingerprint density at radius 1 is 1.43 bits per heavy atom. The molecule has 3 N–H and O–H groups in total. The van der Waals surface area contributed by atoms with Crippen LogP contribution in [0.25, 0.3) is 0 Å². The van der Waals surface area contributed by atoms with Crippen molar-refractivity contribution >= 4 is 18.0 Å². The number of aliphatic hydroxyl groups excluding tert-OH is 1. The number of urea groups is 1. The van der Waals surface area contributed by atoms with Crippen LogP contribution < -0.4 is 5.32 Å². The van der Waals surface area contributed by atoms with Crippen LogP contribution in [0.1, 0.15) is 25.7 Å². The highest BCUT2D eigenvalue weighted by Crippen LogP contribution is 2.16. The van der Waals surface area contributed by atoms with Crippen LogP contribution in [-0.4, -0.2) is 65.9 Å². The van der Waals surface area contributed by atoms with Crippen LogP contribution in [-0.2, 0) is 14.3 Å². The van der Waals surface area contributed by atoms with Crippen molar-refractivity contribution in [2.75, 3.05) is 26.8 Å². The minimum absolute atomic E-state index is 0.00841. The first-order valence-corrected chi connectivity index (χ1v) is 6.93. The van der Waals surface area contributed by atoms with E-state index < -0.39 is 24.0 Å². The molecule has 0 bridgehead atoms. The monoisotopic (exact) mass is 302 g/mol.